The third-order valence-corrected chi connectivity index (χ3v) is 3.56. The van der Waals surface area contributed by atoms with Crippen LogP contribution in [0.15, 0.2) is 54.5 Å². The first kappa shape index (κ1) is 17.1. The van der Waals surface area contributed by atoms with Crippen molar-refractivity contribution in [2.24, 2.45) is 7.05 Å². The maximum absolute atomic E-state index is 10.5. The van der Waals surface area contributed by atoms with E-state index in [9.17, 15) is 13.0 Å². The van der Waals surface area contributed by atoms with Crippen molar-refractivity contribution in [3.05, 3.63) is 55.1 Å². The van der Waals surface area contributed by atoms with Gasteiger partial charge in [-0.2, -0.15) is 0 Å². The third kappa shape index (κ3) is 5.93. The highest BCUT2D eigenvalue weighted by atomic mass is 32.2. The maximum Gasteiger partial charge on any atom is 0.243 e. The van der Waals surface area contributed by atoms with Crippen LogP contribution < -0.4 is 4.57 Å². The van der Waals surface area contributed by atoms with E-state index in [-0.39, 0.29) is 4.90 Å². The van der Waals surface area contributed by atoms with Crippen LogP contribution in [0.5, 0.6) is 0 Å². The molecule has 0 aliphatic carbocycles. The number of aromatic nitrogens is 2. The van der Waals surface area contributed by atoms with E-state index in [1.165, 1.54) is 30.7 Å². The minimum atomic E-state index is -4.31. The fraction of sp³-hybridized carbons (Fsp3) is 0.267. The van der Waals surface area contributed by atoms with Crippen molar-refractivity contribution in [1.82, 2.24) is 4.57 Å². The number of hydrogen-bond donors (Lipinski definition) is 0. The fourth-order valence-electron chi connectivity index (χ4n) is 1.66. The molecule has 0 bridgehead atoms. The van der Waals surface area contributed by atoms with Gasteiger partial charge in [0, 0.05) is 0 Å². The molecule has 0 aliphatic heterocycles. The Kier molecular flexibility index (Phi) is 6.33. The molecule has 0 fully saturated rings. The van der Waals surface area contributed by atoms with Crippen molar-refractivity contribution in [2.75, 3.05) is 0 Å². The summed E-state index contributed by atoms with van der Waals surface area (Å²) in [5, 5.41) is 0. The van der Waals surface area contributed by atoms with Crippen LogP contribution in [0.4, 0.5) is 0 Å². The van der Waals surface area contributed by atoms with Gasteiger partial charge in [0.15, 0.2) is 0 Å². The van der Waals surface area contributed by atoms with E-state index in [0.29, 0.717) is 0 Å². The van der Waals surface area contributed by atoms with Crippen LogP contribution in [0.3, 0.4) is 0 Å². The first-order valence-corrected chi connectivity index (χ1v) is 7.97. The Morgan fingerprint density at radius 3 is 2.33 bits per heavy atom. The Labute approximate surface area is 125 Å². The van der Waals surface area contributed by atoms with Gasteiger partial charge in [-0.1, -0.05) is 31.7 Å². The van der Waals surface area contributed by atoms with Gasteiger partial charge < -0.3 is 4.55 Å². The summed E-state index contributed by atoms with van der Waals surface area (Å²) >= 11 is 0. The molecule has 1 aromatic heterocycles. The van der Waals surface area contributed by atoms with Crippen LogP contribution in [0.1, 0.15) is 18.9 Å². The van der Waals surface area contributed by atoms with Crippen LogP contribution in [0.2, 0.25) is 0 Å². The standard InChI is InChI=1S/C8H8O3S.C7H13N2/c1-2-7-3-5-8(6-4-7)12(9,10)11;1-3-4-9-6-5-8(2)7-9/h2-6H,1H2,(H,9,10,11);5-7H,3-4H2,1-2H3/q;+1/p-1. The zero-order valence-electron chi connectivity index (χ0n) is 12.3. The molecule has 2 aromatic rings. The largest absolute Gasteiger partial charge is 0.744 e. The van der Waals surface area contributed by atoms with Gasteiger partial charge in [-0.15, -0.1) is 0 Å². The molecule has 6 heteroatoms. The van der Waals surface area contributed by atoms with Crippen LogP contribution in [-0.4, -0.2) is 17.5 Å². The van der Waals surface area contributed by atoms with Crippen molar-refractivity contribution in [1.29, 1.82) is 0 Å². The first-order valence-electron chi connectivity index (χ1n) is 6.56. The van der Waals surface area contributed by atoms with Gasteiger partial charge in [-0.3, -0.25) is 0 Å². The molecule has 21 heavy (non-hydrogen) atoms. The molecule has 1 heterocycles. The quantitative estimate of drug-likeness (QED) is 0.640. The Hall–Kier alpha value is -1.92. The minimum Gasteiger partial charge on any atom is -0.744 e. The molecule has 0 aliphatic rings. The van der Waals surface area contributed by atoms with Crippen molar-refractivity contribution >= 4 is 16.2 Å². The Morgan fingerprint density at radius 1 is 1.33 bits per heavy atom. The molecule has 114 valence electrons. The second kappa shape index (κ2) is 7.75. The number of hydrogen-bond acceptors (Lipinski definition) is 3. The molecule has 1 aromatic carbocycles. The van der Waals surface area contributed by atoms with Gasteiger partial charge in [0.25, 0.3) is 0 Å². The van der Waals surface area contributed by atoms with Crippen LogP contribution in [0.25, 0.3) is 6.08 Å². The highest BCUT2D eigenvalue weighted by Crippen LogP contribution is 2.10. The van der Waals surface area contributed by atoms with Crippen LogP contribution in [0, 0.1) is 0 Å². The van der Waals surface area contributed by atoms with E-state index < -0.39 is 10.1 Å². The number of rotatable bonds is 4. The van der Waals surface area contributed by atoms with E-state index in [4.69, 9.17) is 0 Å². The van der Waals surface area contributed by atoms with E-state index in [1.807, 2.05) is 7.05 Å². The summed E-state index contributed by atoms with van der Waals surface area (Å²) < 4.78 is 35.6. The smallest absolute Gasteiger partial charge is 0.243 e. The Bertz CT molecular complexity index is 673. The van der Waals surface area contributed by atoms with E-state index in [0.717, 1.165) is 12.1 Å². The lowest BCUT2D eigenvalue weighted by atomic mass is 10.2. The van der Waals surface area contributed by atoms with Crippen LogP contribution in [-0.2, 0) is 23.7 Å². The number of aryl methyl sites for hydroxylation is 2. The van der Waals surface area contributed by atoms with Crippen molar-refractivity contribution < 1.29 is 17.5 Å². The number of nitrogens with zero attached hydrogens (tertiary/aromatic N) is 2. The average Bonchev–Trinajstić information content (AvgIpc) is 2.85. The van der Waals surface area contributed by atoms with Crippen molar-refractivity contribution in [3.8, 4) is 0 Å². The molecular formula is C15H20N2O3S. The van der Waals surface area contributed by atoms with Gasteiger partial charge in [0.05, 0.1) is 18.5 Å². The highest BCUT2D eigenvalue weighted by molar-refractivity contribution is 7.85. The molecule has 5 nitrogen and oxygen atoms in total. The zero-order chi connectivity index (χ0) is 15.9. The second-order valence-corrected chi connectivity index (χ2v) is 5.92. The second-order valence-electron chi connectivity index (χ2n) is 4.54. The predicted octanol–water partition coefficient (Wildman–Crippen LogP) is 1.96. The molecule has 0 unspecified atom stereocenters. The Morgan fingerprint density at radius 2 is 1.95 bits per heavy atom. The average molecular weight is 308 g/mol. The van der Waals surface area contributed by atoms with E-state index in [1.54, 1.807) is 6.08 Å². The summed E-state index contributed by atoms with van der Waals surface area (Å²) in [7, 11) is -2.28. The van der Waals surface area contributed by atoms with E-state index in [2.05, 4.69) is 41.4 Å². The summed E-state index contributed by atoms with van der Waals surface area (Å²) in [6, 6.07) is 5.58. The van der Waals surface area contributed by atoms with Crippen LogP contribution >= 0.6 is 0 Å². The van der Waals surface area contributed by atoms with Crippen molar-refractivity contribution in [3.63, 3.8) is 0 Å². The molecule has 0 atom stereocenters. The predicted molar refractivity (Wildman–Crippen MR) is 80.4 cm³/mol. The van der Waals surface area contributed by atoms with Gasteiger partial charge in [-0.05, 0) is 24.1 Å². The van der Waals surface area contributed by atoms with E-state index >= 15 is 0 Å². The number of imidazole rings is 1. The van der Waals surface area contributed by atoms with Gasteiger partial charge in [-0.25, -0.2) is 17.6 Å². The molecule has 0 N–H and O–H groups in total. The van der Waals surface area contributed by atoms with Crippen molar-refractivity contribution in [2.45, 2.75) is 24.8 Å². The summed E-state index contributed by atoms with van der Waals surface area (Å²) in [5.74, 6) is 0. The molecule has 0 spiro atoms. The lowest BCUT2D eigenvalue weighted by molar-refractivity contribution is -0.671. The summed E-state index contributed by atoms with van der Waals surface area (Å²) in [5.41, 5.74) is 0.780. The molecule has 0 radical (unpaired) electrons. The van der Waals surface area contributed by atoms with Gasteiger partial charge in [0.2, 0.25) is 6.33 Å². The zero-order valence-corrected chi connectivity index (χ0v) is 13.1. The Balaban J connectivity index is 0.000000219. The molecule has 0 saturated heterocycles. The van der Waals surface area contributed by atoms with Gasteiger partial charge >= 0.3 is 0 Å². The molecule has 2 rings (SSSR count). The minimum absolute atomic E-state index is 0.215. The topological polar surface area (TPSA) is 66.0 Å². The fourth-order valence-corrected chi connectivity index (χ4v) is 2.13. The molecule has 0 amide bonds. The molecular weight excluding hydrogens is 288 g/mol. The first-order chi connectivity index (χ1) is 9.86. The monoisotopic (exact) mass is 308 g/mol. The highest BCUT2D eigenvalue weighted by Gasteiger charge is 1.98. The number of benzene rings is 1. The SMILES string of the molecule is C=Cc1ccc(S(=O)(=O)[O-])cc1.CCCn1cc[n+](C)c1. The molecule has 0 saturated carbocycles. The maximum atomic E-state index is 10.5. The lowest BCUT2D eigenvalue weighted by Gasteiger charge is -2.05. The third-order valence-electron chi connectivity index (χ3n) is 2.71. The summed E-state index contributed by atoms with van der Waals surface area (Å²) in [4.78, 5) is -0.215. The lowest BCUT2D eigenvalue weighted by Crippen LogP contribution is -2.23. The summed E-state index contributed by atoms with van der Waals surface area (Å²) in [6.45, 7) is 6.80. The van der Waals surface area contributed by atoms with Gasteiger partial charge in [0.1, 0.15) is 22.5 Å². The summed E-state index contributed by atoms with van der Waals surface area (Å²) in [6.07, 6.45) is 9.00. The normalized spacial score (nSPS) is 10.6.